The van der Waals surface area contributed by atoms with Crippen LogP contribution in [0.4, 0.5) is 10.5 Å². The van der Waals surface area contributed by atoms with Gasteiger partial charge < -0.3 is 10.6 Å². The highest BCUT2D eigenvalue weighted by Crippen LogP contribution is 2.30. The monoisotopic (exact) mass is 368 g/mol. The summed E-state index contributed by atoms with van der Waals surface area (Å²) in [6.07, 6.45) is 0. The molecular formula is C20H21ClN4O. The van der Waals surface area contributed by atoms with Crippen molar-refractivity contribution < 1.29 is 4.79 Å². The van der Waals surface area contributed by atoms with Crippen molar-refractivity contribution in [3.05, 3.63) is 64.7 Å². The molecule has 3 rings (SSSR count). The number of hydrogen-bond donors (Lipinski definition) is 2. The number of urea groups is 1. The molecule has 5 nitrogen and oxygen atoms in total. The minimum atomic E-state index is -0.250. The average molecular weight is 369 g/mol. The van der Waals surface area contributed by atoms with Gasteiger partial charge in [-0.2, -0.15) is 5.26 Å². The molecule has 2 aromatic rings. The molecule has 2 N–H and O–H groups in total. The lowest BCUT2D eigenvalue weighted by Gasteiger charge is -2.43. The number of nitrogens with one attached hydrogen (secondary N) is 2. The molecule has 1 aliphatic rings. The van der Waals surface area contributed by atoms with Crippen molar-refractivity contribution in [3.63, 3.8) is 0 Å². The summed E-state index contributed by atoms with van der Waals surface area (Å²) in [7, 11) is 0. The fraction of sp³-hybridized carbons (Fsp3) is 0.300. The summed E-state index contributed by atoms with van der Waals surface area (Å²) in [5.41, 5.74) is 2.69. The smallest absolute Gasteiger partial charge is 0.319 e. The third-order valence-corrected chi connectivity index (χ3v) is 4.65. The minimum absolute atomic E-state index is 0.205. The van der Waals surface area contributed by atoms with Crippen molar-refractivity contribution >= 4 is 23.3 Å². The van der Waals surface area contributed by atoms with Crippen LogP contribution in [0.15, 0.2) is 48.5 Å². The van der Waals surface area contributed by atoms with Crippen LogP contribution < -0.4 is 10.6 Å². The van der Waals surface area contributed by atoms with Crippen molar-refractivity contribution in [1.29, 1.82) is 5.26 Å². The van der Waals surface area contributed by atoms with Crippen LogP contribution in [0, 0.1) is 16.7 Å². The van der Waals surface area contributed by atoms with Crippen LogP contribution >= 0.6 is 11.6 Å². The number of carbonyl (C=O) groups excluding carboxylic acids is 1. The van der Waals surface area contributed by atoms with E-state index in [-0.39, 0.29) is 11.4 Å². The molecule has 0 saturated carbocycles. The highest BCUT2D eigenvalue weighted by atomic mass is 35.5. The lowest BCUT2D eigenvalue weighted by molar-refractivity contribution is 0.0530. The average Bonchev–Trinajstić information content (AvgIpc) is 2.61. The predicted octanol–water partition coefficient (Wildman–Crippen LogP) is 4.01. The molecule has 0 spiro atoms. The van der Waals surface area contributed by atoms with Crippen molar-refractivity contribution in [2.24, 2.45) is 5.41 Å². The van der Waals surface area contributed by atoms with Crippen LogP contribution in [0.25, 0.3) is 0 Å². The molecule has 2 aromatic carbocycles. The van der Waals surface area contributed by atoms with Gasteiger partial charge in [0.25, 0.3) is 0 Å². The molecule has 1 saturated heterocycles. The van der Waals surface area contributed by atoms with Crippen LogP contribution in [0.1, 0.15) is 18.1 Å². The Hall–Kier alpha value is -2.55. The van der Waals surface area contributed by atoms with E-state index < -0.39 is 0 Å². The van der Waals surface area contributed by atoms with Gasteiger partial charge in [0.05, 0.1) is 11.5 Å². The van der Waals surface area contributed by atoms with Crippen molar-refractivity contribution in [3.8, 4) is 6.07 Å². The van der Waals surface area contributed by atoms with Gasteiger partial charge in [0.2, 0.25) is 0 Å². The number of hydrogen-bond acceptors (Lipinski definition) is 3. The molecule has 0 bridgehead atoms. The molecule has 0 unspecified atom stereocenters. The zero-order chi connectivity index (χ0) is 18.6. The second kappa shape index (κ2) is 7.77. The molecule has 1 aliphatic heterocycles. The van der Waals surface area contributed by atoms with Crippen LogP contribution in [0.3, 0.4) is 0 Å². The van der Waals surface area contributed by atoms with Gasteiger partial charge in [-0.15, -0.1) is 0 Å². The normalized spacial score (nSPS) is 15.6. The Kier molecular flexibility index (Phi) is 5.46. The van der Waals surface area contributed by atoms with E-state index in [2.05, 4.69) is 21.6 Å². The van der Waals surface area contributed by atoms with Crippen LogP contribution in [-0.4, -0.2) is 24.0 Å². The lowest BCUT2D eigenvalue weighted by Crippen LogP contribution is -2.53. The van der Waals surface area contributed by atoms with E-state index in [0.29, 0.717) is 11.6 Å². The first-order valence-corrected chi connectivity index (χ1v) is 8.85. The van der Waals surface area contributed by atoms with Crippen molar-refractivity contribution in [2.45, 2.75) is 20.0 Å². The van der Waals surface area contributed by atoms with E-state index in [4.69, 9.17) is 16.9 Å². The lowest BCUT2D eigenvalue weighted by atomic mass is 9.83. The molecule has 0 aliphatic carbocycles. The summed E-state index contributed by atoms with van der Waals surface area (Å²) in [6.45, 7) is 4.85. The molecule has 2 amide bonds. The second-order valence-corrected chi connectivity index (χ2v) is 7.39. The van der Waals surface area contributed by atoms with Gasteiger partial charge in [0.1, 0.15) is 0 Å². The summed E-state index contributed by atoms with van der Waals surface area (Å²) in [5, 5.41) is 15.4. The number of rotatable bonds is 5. The van der Waals surface area contributed by atoms with E-state index in [1.165, 1.54) is 0 Å². The van der Waals surface area contributed by atoms with Crippen LogP contribution in [0.2, 0.25) is 5.02 Å². The van der Waals surface area contributed by atoms with Crippen LogP contribution in [-0.2, 0) is 13.1 Å². The minimum Gasteiger partial charge on any atom is -0.334 e. The maximum Gasteiger partial charge on any atom is 0.319 e. The van der Waals surface area contributed by atoms with Gasteiger partial charge in [0, 0.05) is 36.9 Å². The van der Waals surface area contributed by atoms with E-state index in [9.17, 15) is 4.79 Å². The van der Waals surface area contributed by atoms with Gasteiger partial charge in [-0.3, -0.25) is 4.90 Å². The Labute approximate surface area is 158 Å². The van der Waals surface area contributed by atoms with E-state index in [1.807, 2.05) is 43.3 Å². The number of halogens is 1. The van der Waals surface area contributed by atoms with Crippen LogP contribution in [0.5, 0.6) is 0 Å². The summed E-state index contributed by atoms with van der Waals surface area (Å²) in [6, 6.07) is 17.2. The summed E-state index contributed by atoms with van der Waals surface area (Å²) in [4.78, 5) is 14.2. The molecule has 0 aromatic heterocycles. The van der Waals surface area contributed by atoms with Gasteiger partial charge in [-0.1, -0.05) is 35.9 Å². The Balaban J connectivity index is 1.44. The Bertz CT molecular complexity index is 805. The number of amides is 2. The zero-order valence-electron chi connectivity index (χ0n) is 14.6. The first kappa shape index (κ1) is 18.2. The summed E-state index contributed by atoms with van der Waals surface area (Å²) < 4.78 is 0. The zero-order valence-corrected chi connectivity index (χ0v) is 15.4. The van der Waals surface area contributed by atoms with Crippen molar-refractivity contribution in [1.82, 2.24) is 10.2 Å². The maximum atomic E-state index is 12.0. The van der Waals surface area contributed by atoms with E-state index in [0.717, 1.165) is 36.4 Å². The molecule has 0 atom stereocenters. The van der Waals surface area contributed by atoms with E-state index in [1.54, 1.807) is 12.1 Å². The largest absolute Gasteiger partial charge is 0.334 e. The molecule has 26 heavy (non-hydrogen) atoms. The number of nitrogens with zero attached hydrogens (tertiary/aromatic N) is 2. The van der Waals surface area contributed by atoms with E-state index >= 15 is 0 Å². The third-order valence-electron chi connectivity index (χ3n) is 4.40. The molecule has 0 radical (unpaired) electrons. The number of benzene rings is 2. The quantitative estimate of drug-likeness (QED) is 0.837. The molecular weight excluding hydrogens is 348 g/mol. The number of nitriles is 1. The first-order valence-electron chi connectivity index (χ1n) is 8.48. The van der Waals surface area contributed by atoms with Gasteiger partial charge >= 0.3 is 6.03 Å². The predicted molar refractivity (Wildman–Crippen MR) is 103 cm³/mol. The Morgan fingerprint density at radius 3 is 2.38 bits per heavy atom. The number of likely N-dealkylation sites (tertiary alicyclic amines) is 1. The molecule has 134 valence electrons. The number of carbonyl (C=O) groups is 1. The number of anilines is 1. The topological polar surface area (TPSA) is 68.2 Å². The van der Waals surface area contributed by atoms with Gasteiger partial charge in [-0.05, 0) is 42.3 Å². The molecule has 6 heteroatoms. The highest BCUT2D eigenvalue weighted by Gasteiger charge is 2.38. The fourth-order valence-electron chi connectivity index (χ4n) is 3.03. The molecule has 1 fully saturated rings. The third kappa shape index (κ3) is 4.75. The molecule has 1 heterocycles. The summed E-state index contributed by atoms with van der Waals surface area (Å²) in [5.74, 6) is 0. The van der Waals surface area contributed by atoms with Crippen molar-refractivity contribution in [2.75, 3.05) is 18.4 Å². The SMILES string of the molecule is CC1(C#N)CN(Cc2ccc(NC(=O)NCc3ccc(Cl)cc3)cc2)C1. The fourth-order valence-corrected chi connectivity index (χ4v) is 3.16. The highest BCUT2D eigenvalue weighted by molar-refractivity contribution is 6.30. The Morgan fingerprint density at radius 1 is 1.15 bits per heavy atom. The Morgan fingerprint density at radius 2 is 1.77 bits per heavy atom. The summed E-state index contributed by atoms with van der Waals surface area (Å²) >= 11 is 5.84. The standard InChI is InChI=1S/C20H21ClN4O/c1-20(12-22)13-25(14-20)11-16-4-8-18(9-5-16)24-19(26)23-10-15-2-6-17(21)7-3-15/h2-9H,10-11,13-14H2,1H3,(H2,23,24,26). The first-order chi connectivity index (χ1) is 12.5. The van der Waals surface area contributed by atoms with Gasteiger partial charge in [0.15, 0.2) is 0 Å². The second-order valence-electron chi connectivity index (χ2n) is 6.95. The maximum absolute atomic E-state index is 12.0. The van der Waals surface area contributed by atoms with Gasteiger partial charge in [-0.25, -0.2) is 4.79 Å².